The number of nitrogens with zero attached hydrogens (tertiary/aromatic N) is 2. The molecule has 1 aliphatic rings. The Bertz CT molecular complexity index is 376. The second-order valence-electron chi connectivity index (χ2n) is 3.78. The van der Waals surface area contributed by atoms with Crippen LogP contribution >= 0.6 is 11.8 Å². The van der Waals surface area contributed by atoms with E-state index in [0.717, 1.165) is 12.2 Å². The van der Waals surface area contributed by atoms with E-state index in [-0.39, 0.29) is 18.5 Å². The summed E-state index contributed by atoms with van der Waals surface area (Å²) in [6, 6.07) is 0. The molecule has 0 amide bonds. The van der Waals surface area contributed by atoms with Gasteiger partial charge in [-0.2, -0.15) is 0 Å². The van der Waals surface area contributed by atoms with Gasteiger partial charge in [0, 0.05) is 0 Å². The van der Waals surface area contributed by atoms with Gasteiger partial charge in [0.2, 0.25) is 11.8 Å². The highest BCUT2D eigenvalue weighted by molar-refractivity contribution is 7.99. The summed E-state index contributed by atoms with van der Waals surface area (Å²) >= 11 is 1.83. The molecule has 0 aliphatic carbocycles. The minimum atomic E-state index is -1.01. The molecule has 94 valence electrons. The summed E-state index contributed by atoms with van der Waals surface area (Å²) in [7, 11) is 0. The van der Waals surface area contributed by atoms with Crippen molar-refractivity contribution in [2.45, 2.75) is 31.1 Å². The molecule has 7 heteroatoms. The number of hydrogen-bond donors (Lipinski definition) is 1. The number of carboxylic acid groups (broad SMARTS) is 1. The Kier molecular flexibility index (Phi) is 4.38. The summed E-state index contributed by atoms with van der Waals surface area (Å²) in [5.41, 5.74) is 0. The molecule has 6 nitrogen and oxygen atoms in total. The fourth-order valence-corrected chi connectivity index (χ4v) is 2.84. The summed E-state index contributed by atoms with van der Waals surface area (Å²) in [5.74, 6) is 1.08. The number of rotatable bonds is 5. The van der Waals surface area contributed by atoms with Crippen molar-refractivity contribution in [2.75, 3.05) is 12.4 Å². The Hall–Kier alpha value is -1.08. The van der Waals surface area contributed by atoms with Gasteiger partial charge in [-0.1, -0.05) is 6.42 Å². The van der Waals surface area contributed by atoms with Crippen LogP contribution in [0.15, 0.2) is 4.42 Å². The highest BCUT2D eigenvalue weighted by atomic mass is 32.2. The van der Waals surface area contributed by atoms with Crippen molar-refractivity contribution in [3.05, 3.63) is 11.8 Å². The average Bonchev–Trinajstić information content (AvgIpc) is 2.78. The summed E-state index contributed by atoms with van der Waals surface area (Å²) in [6.07, 6.45) is 3.48. The van der Waals surface area contributed by atoms with Crippen LogP contribution in [0.25, 0.3) is 0 Å². The minimum absolute atomic E-state index is 0.0523. The lowest BCUT2D eigenvalue weighted by Crippen LogP contribution is -2.06. The monoisotopic (exact) mass is 258 g/mol. The van der Waals surface area contributed by atoms with Crippen LogP contribution in [-0.4, -0.2) is 33.6 Å². The predicted molar refractivity (Wildman–Crippen MR) is 60.6 cm³/mol. The normalized spacial score (nSPS) is 20.4. The highest BCUT2D eigenvalue weighted by Gasteiger charge is 2.21. The predicted octanol–water partition coefficient (Wildman–Crippen LogP) is 1.63. The van der Waals surface area contributed by atoms with Gasteiger partial charge in [0.15, 0.2) is 0 Å². The molecule has 1 aromatic heterocycles. The molecule has 1 N–H and O–H groups in total. The van der Waals surface area contributed by atoms with Crippen LogP contribution in [0.1, 0.15) is 36.3 Å². The first-order valence-electron chi connectivity index (χ1n) is 5.49. The van der Waals surface area contributed by atoms with E-state index >= 15 is 0 Å². The zero-order valence-corrected chi connectivity index (χ0v) is 10.1. The largest absolute Gasteiger partial charge is 0.480 e. The van der Waals surface area contributed by atoms with E-state index < -0.39 is 5.97 Å². The molecule has 2 rings (SSSR count). The fraction of sp³-hybridized carbons (Fsp3) is 0.700. The van der Waals surface area contributed by atoms with Crippen LogP contribution in [0, 0.1) is 0 Å². The van der Waals surface area contributed by atoms with Gasteiger partial charge in [-0.25, -0.2) is 4.79 Å². The van der Waals surface area contributed by atoms with Crippen molar-refractivity contribution < 1.29 is 19.1 Å². The van der Waals surface area contributed by atoms with Gasteiger partial charge in [0.25, 0.3) is 0 Å². The Morgan fingerprint density at radius 3 is 3.12 bits per heavy atom. The molecule has 0 aromatic carbocycles. The third-order valence-electron chi connectivity index (χ3n) is 2.39. The average molecular weight is 258 g/mol. The first kappa shape index (κ1) is 12.4. The maximum absolute atomic E-state index is 10.2. The molecule has 0 saturated carbocycles. The molecule has 0 radical (unpaired) electrons. The Morgan fingerprint density at radius 2 is 2.41 bits per heavy atom. The molecule has 1 saturated heterocycles. The molecular weight excluding hydrogens is 244 g/mol. The summed E-state index contributed by atoms with van der Waals surface area (Å²) in [5, 5.41) is 16.5. The van der Waals surface area contributed by atoms with E-state index in [1.54, 1.807) is 0 Å². The minimum Gasteiger partial charge on any atom is -0.480 e. The Balaban J connectivity index is 1.84. The second kappa shape index (κ2) is 6.02. The molecular formula is C10H14N2O4S. The quantitative estimate of drug-likeness (QED) is 0.858. The summed E-state index contributed by atoms with van der Waals surface area (Å²) in [4.78, 5) is 10.2. The van der Waals surface area contributed by atoms with Crippen LogP contribution in [0.4, 0.5) is 0 Å². The number of carbonyl (C=O) groups is 1. The number of aliphatic carboxylic acids is 1. The molecule has 0 spiro atoms. The summed E-state index contributed by atoms with van der Waals surface area (Å²) < 4.78 is 10.3. The van der Waals surface area contributed by atoms with Crippen molar-refractivity contribution in [2.24, 2.45) is 0 Å². The molecule has 1 aliphatic heterocycles. The number of ether oxygens (including phenoxy) is 1. The lowest BCUT2D eigenvalue weighted by molar-refractivity contribution is -0.142. The van der Waals surface area contributed by atoms with Gasteiger partial charge >= 0.3 is 5.97 Å². The molecule has 2 heterocycles. The first-order chi connectivity index (χ1) is 8.25. The van der Waals surface area contributed by atoms with Crippen LogP contribution in [0.2, 0.25) is 0 Å². The topological polar surface area (TPSA) is 85.5 Å². The zero-order valence-electron chi connectivity index (χ0n) is 9.29. The van der Waals surface area contributed by atoms with E-state index in [2.05, 4.69) is 10.2 Å². The SMILES string of the molecule is O=C(O)COCc1nnc(C2CCCCS2)o1. The second-order valence-corrected chi connectivity index (χ2v) is 5.09. The highest BCUT2D eigenvalue weighted by Crippen LogP contribution is 2.37. The third-order valence-corrected chi connectivity index (χ3v) is 3.75. The van der Waals surface area contributed by atoms with E-state index in [0.29, 0.717) is 11.8 Å². The zero-order chi connectivity index (χ0) is 12.1. The van der Waals surface area contributed by atoms with Crippen LogP contribution in [-0.2, 0) is 16.1 Å². The Morgan fingerprint density at radius 1 is 1.53 bits per heavy atom. The lowest BCUT2D eigenvalue weighted by atomic mass is 10.2. The molecule has 1 fully saturated rings. The van der Waals surface area contributed by atoms with E-state index in [1.165, 1.54) is 12.8 Å². The number of thioether (sulfide) groups is 1. The van der Waals surface area contributed by atoms with Gasteiger partial charge in [0.05, 0.1) is 5.25 Å². The molecule has 1 unspecified atom stereocenters. The summed E-state index contributed by atoms with van der Waals surface area (Å²) in [6.45, 7) is -0.299. The van der Waals surface area contributed by atoms with E-state index in [1.807, 2.05) is 11.8 Å². The van der Waals surface area contributed by atoms with Gasteiger partial charge in [-0.3, -0.25) is 0 Å². The maximum atomic E-state index is 10.2. The van der Waals surface area contributed by atoms with Gasteiger partial charge in [0.1, 0.15) is 13.2 Å². The molecule has 1 atom stereocenters. The van der Waals surface area contributed by atoms with Crippen LogP contribution < -0.4 is 0 Å². The molecule has 17 heavy (non-hydrogen) atoms. The lowest BCUT2D eigenvalue weighted by Gasteiger charge is -2.17. The smallest absolute Gasteiger partial charge is 0.329 e. The van der Waals surface area contributed by atoms with E-state index in [4.69, 9.17) is 14.3 Å². The van der Waals surface area contributed by atoms with Crippen molar-refractivity contribution in [1.29, 1.82) is 0 Å². The van der Waals surface area contributed by atoms with Crippen LogP contribution in [0.3, 0.4) is 0 Å². The third kappa shape index (κ3) is 3.71. The van der Waals surface area contributed by atoms with Crippen molar-refractivity contribution in [3.8, 4) is 0 Å². The maximum Gasteiger partial charge on any atom is 0.329 e. The van der Waals surface area contributed by atoms with Crippen molar-refractivity contribution >= 4 is 17.7 Å². The van der Waals surface area contributed by atoms with Gasteiger partial charge in [-0.15, -0.1) is 22.0 Å². The fourth-order valence-electron chi connectivity index (χ4n) is 1.62. The molecule has 0 bridgehead atoms. The number of hydrogen-bond acceptors (Lipinski definition) is 6. The van der Waals surface area contributed by atoms with Crippen molar-refractivity contribution in [1.82, 2.24) is 10.2 Å². The first-order valence-corrected chi connectivity index (χ1v) is 6.54. The van der Waals surface area contributed by atoms with E-state index in [9.17, 15) is 4.79 Å². The number of carboxylic acids is 1. The van der Waals surface area contributed by atoms with Crippen molar-refractivity contribution in [3.63, 3.8) is 0 Å². The number of aromatic nitrogens is 2. The standard InChI is InChI=1S/C10H14N2O4S/c13-9(14)6-15-5-8-11-12-10(16-8)7-3-1-2-4-17-7/h7H,1-6H2,(H,13,14). The Labute approximate surface area is 103 Å². The van der Waals surface area contributed by atoms with Gasteiger partial charge < -0.3 is 14.3 Å². The molecule has 1 aromatic rings. The van der Waals surface area contributed by atoms with Crippen LogP contribution in [0.5, 0.6) is 0 Å². The van der Waals surface area contributed by atoms with Gasteiger partial charge in [-0.05, 0) is 18.6 Å².